The smallest absolute Gasteiger partial charge is 0.184 e. The van der Waals surface area contributed by atoms with Crippen molar-refractivity contribution in [3.05, 3.63) is 35.9 Å². The van der Waals surface area contributed by atoms with Crippen LogP contribution in [0.25, 0.3) is 0 Å². The third-order valence-electron chi connectivity index (χ3n) is 3.22. The lowest BCUT2D eigenvalue weighted by molar-refractivity contribution is -0.258. The summed E-state index contributed by atoms with van der Waals surface area (Å²) in [4.78, 5) is 0. The Bertz CT molecular complexity index is 335. The van der Waals surface area contributed by atoms with E-state index in [1.165, 1.54) is 0 Å². The molecule has 0 bridgehead atoms. The zero-order chi connectivity index (χ0) is 12.3. The van der Waals surface area contributed by atoms with Crippen LogP contribution in [0.4, 0.5) is 0 Å². The Morgan fingerprint density at radius 3 is 2.71 bits per heavy atom. The lowest BCUT2D eigenvalue weighted by Gasteiger charge is -2.37. The fourth-order valence-corrected chi connectivity index (χ4v) is 2.14. The van der Waals surface area contributed by atoms with Crippen molar-refractivity contribution in [3.63, 3.8) is 0 Å². The molecule has 1 N–H and O–H groups in total. The maximum absolute atomic E-state index is 9.94. The summed E-state index contributed by atoms with van der Waals surface area (Å²) in [6.45, 7) is 4.64. The van der Waals surface area contributed by atoms with Gasteiger partial charge in [-0.1, -0.05) is 44.2 Å². The number of benzene rings is 1. The van der Waals surface area contributed by atoms with Crippen molar-refractivity contribution in [3.8, 4) is 0 Å². The van der Waals surface area contributed by atoms with Crippen molar-refractivity contribution in [1.29, 1.82) is 0 Å². The van der Waals surface area contributed by atoms with Gasteiger partial charge >= 0.3 is 0 Å². The molecule has 1 aromatic carbocycles. The van der Waals surface area contributed by atoms with E-state index in [0.717, 1.165) is 5.56 Å². The highest BCUT2D eigenvalue weighted by Gasteiger charge is 2.33. The van der Waals surface area contributed by atoms with Crippen LogP contribution < -0.4 is 0 Å². The highest BCUT2D eigenvalue weighted by molar-refractivity contribution is 5.16. The molecule has 0 radical (unpaired) electrons. The minimum Gasteiger partial charge on any atom is -0.390 e. The Morgan fingerprint density at radius 2 is 2.06 bits per heavy atom. The third-order valence-corrected chi connectivity index (χ3v) is 3.22. The van der Waals surface area contributed by atoms with Gasteiger partial charge in [-0.2, -0.15) is 0 Å². The Balaban J connectivity index is 2.08. The summed E-state index contributed by atoms with van der Waals surface area (Å²) >= 11 is 0. The van der Waals surface area contributed by atoms with Crippen LogP contribution in [-0.4, -0.2) is 23.9 Å². The van der Waals surface area contributed by atoms with Gasteiger partial charge in [0.05, 0.1) is 18.8 Å². The quantitative estimate of drug-likeness (QED) is 0.876. The average Bonchev–Trinajstić information content (AvgIpc) is 2.39. The van der Waals surface area contributed by atoms with Gasteiger partial charge in [0, 0.05) is 11.5 Å². The van der Waals surface area contributed by atoms with Gasteiger partial charge in [0.2, 0.25) is 0 Å². The van der Waals surface area contributed by atoms with E-state index in [2.05, 4.69) is 0 Å². The molecule has 1 aromatic rings. The lowest BCUT2D eigenvalue weighted by atomic mass is 9.97. The van der Waals surface area contributed by atoms with Gasteiger partial charge in [0.1, 0.15) is 0 Å². The molecule has 0 saturated carbocycles. The van der Waals surface area contributed by atoms with Crippen LogP contribution in [0.3, 0.4) is 0 Å². The van der Waals surface area contributed by atoms with Gasteiger partial charge in [-0.25, -0.2) is 0 Å². The van der Waals surface area contributed by atoms with Gasteiger partial charge in [0.25, 0.3) is 0 Å². The fraction of sp³-hybridized carbons (Fsp3) is 0.571. The summed E-state index contributed by atoms with van der Waals surface area (Å²) in [5, 5.41) is 9.94. The topological polar surface area (TPSA) is 38.7 Å². The zero-order valence-electron chi connectivity index (χ0n) is 10.4. The number of aliphatic hydroxyl groups excluding tert-OH is 1. The standard InChI is InChI=1S/C14H20O3/c1-3-12(15)13-10(2)9-16-14(17-13)11-7-5-4-6-8-11/h4-8,10,12-15H,3,9H2,1-2H3/t10-,12+,13-,14-/m0/s1. The first-order valence-corrected chi connectivity index (χ1v) is 6.22. The third kappa shape index (κ3) is 2.86. The minimum absolute atomic E-state index is 0.140. The monoisotopic (exact) mass is 236 g/mol. The molecule has 1 aliphatic rings. The minimum atomic E-state index is -0.417. The molecular formula is C14H20O3. The van der Waals surface area contributed by atoms with Gasteiger partial charge in [-0.3, -0.25) is 0 Å². The Kier molecular flexibility index (Phi) is 4.15. The molecule has 4 atom stereocenters. The second-order valence-electron chi connectivity index (χ2n) is 4.63. The molecule has 0 aliphatic carbocycles. The molecule has 3 heteroatoms. The van der Waals surface area contributed by atoms with Gasteiger partial charge in [0.15, 0.2) is 6.29 Å². The Labute approximate surface area is 102 Å². The predicted octanol–water partition coefficient (Wildman–Crippen LogP) is 2.51. The lowest BCUT2D eigenvalue weighted by Crippen LogP contribution is -2.42. The molecule has 1 aliphatic heterocycles. The summed E-state index contributed by atoms with van der Waals surface area (Å²) in [7, 11) is 0. The van der Waals surface area contributed by atoms with E-state index in [1.807, 2.05) is 44.2 Å². The van der Waals surface area contributed by atoms with Crippen molar-refractivity contribution >= 4 is 0 Å². The van der Waals surface area contributed by atoms with Crippen LogP contribution in [0.5, 0.6) is 0 Å². The maximum atomic E-state index is 9.94. The average molecular weight is 236 g/mol. The Hall–Kier alpha value is -0.900. The van der Waals surface area contributed by atoms with Crippen molar-refractivity contribution in [2.75, 3.05) is 6.61 Å². The summed E-state index contributed by atoms with van der Waals surface area (Å²) in [6, 6.07) is 9.86. The first-order chi connectivity index (χ1) is 8.22. The van der Waals surface area contributed by atoms with E-state index in [1.54, 1.807) is 0 Å². The number of aliphatic hydroxyl groups is 1. The van der Waals surface area contributed by atoms with E-state index < -0.39 is 6.10 Å². The molecule has 0 spiro atoms. The zero-order valence-corrected chi connectivity index (χ0v) is 10.4. The van der Waals surface area contributed by atoms with Crippen molar-refractivity contribution in [1.82, 2.24) is 0 Å². The number of ether oxygens (including phenoxy) is 2. The van der Waals surface area contributed by atoms with Crippen LogP contribution >= 0.6 is 0 Å². The normalized spacial score (nSPS) is 31.1. The van der Waals surface area contributed by atoms with E-state index in [4.69, 9.17) is 9.47 Å². The van der Waals surface area contributed by atoms with Crippen LogP contribution in [0.2, 0.25) is 0 Å². The molecule has 1 heterocycles. The summed E-state index contributed by atoms with van der Waals surface area (Å²) in [5.41, 5.74) is 1.01. The molecule has 1 saturated heterocycles. The predicted molar refractivity (Wildman–Crippen MR) is 65.5 cm³/mol. The van der Waals surface area contributed by atoms with Crippen molar-refractivity contribution in [2.45, 2.75) is 38.8 Å². The van der Waals surface area contributed by atoms with Crippen molar-refractivity contribution < 1.29 is 14.6 Å². The molecular weight excluding hydrogens is 216 g/mol. The van der Waals surface area contributed by atoms with E-state index in [0.29, 0.717) is 13.0 Å². The van der Waals surface area contributed by atoms with E-state index in [-0.39, 0.29) is 18.3 Å². The molecule has 3 nitrogen and oxygen atoms in total. The number of hydrogen-bond donors (Lipinski definition) is 1. The van der Waals surface area contributed by atoms with Crippen LogP contribution in [0, 0.1) is 5.92 Å². The van der Waals surface area contributed by atoms with E-state index in [9.17, 15) is 5.11 Å². The molecule has 1 fully saturated rings. The van der Waals surface area contributed by atoms with Gasteiger partial charge in [-0.15, -0.1) is 0 Å². The van der Waals surface area contributed by atoms with Gasteiger partial charge in [-0.05, 0) is 6.42 Å². The summed E-state index contributed by atoms with van der Waals surface area (Å²) < 4.78 is 11.5. The molecule has 2 rings (SSSR count). The van der Waals surface area contributed by atoms with Crippen molar-refractivity contribution in [2.24, 2.45) is 5.92 Å². The molecule has 0 unspecified atom stereocenters. The first-order valence-electron chi connectivity index (χ1n) is 6.22. The maximum Gasteiger partial charge on any atom is 0.184 e. The molecule has 94 valence electrons. The second kappa shape index (κ2) is 5.63. The fourth-order valence-electron chi connectivity index (χ4n) is 2.14. The van der Waals surface area contributed by atoms with Crippen LogP contribution in [-0.2, 0) is 9.47 Å². The summed E-state index contributed by atoms with van der Waals surface area (Å²) in [5.74, 6) is 0.227. The van der Waals surface area contributed by atoms with E-state index >= 15 is 0 Å². The molecule has 17 heavy (non-hydrogen) atoms. The van der Waals surface area contributed by atoms with Crippen LogP contribution in [0.15, 0.2) is 30.3 Å². The SMILES string of the molecule is CC[C@@H](O)[C@H]1O[C@@H](c2ccccc2)OC[C@@H]1C. The number of rotatable bonds is 3. The van der Waals surface area contributed by atoms with Crippen LogP contribution in [0.1, 0.15) is 32.1 Å². The largest absolute Gasteiger partial charge is 0.390 e. The molecule has 0 amide bonds. The highest BCUT2D eigenvalue weighted by atomic mass is 16.7. The molecule has 0 aromatic heterocycles. The highest BCUT2D eigenvalue weighted by Crippen LogP contribution is 2.31. The van der Waals surface area contributed by atoms with Gasteiger partial charge < -0.3 is 14.6 Å². The Morgan fingerprint density at radius 1 is 1.35 bits per heavy atom. The number of hydrogen-bond acceptors (Lipinski definition) is 3. The second-order valence-corrected chi connectivity index (χ2v) is 4.63. The first kappa shape index (κ1) is 12.6. The summed E-state index contributed by atoms with van der Waals surface area (Å²) in [6.07, 6.45) is -0.200.